The average molecular weight is 340 g/mol. The molecule has 4 N–H and O–H groups in total. The zero-order valence-electron chi connectivity index (χ0n) is 15.0. The predicted octanol–water partition coefficient (Wildman–Crippen LogP) is 2.74. The molecule has 1 heterocycles. The van der Waals surface area contributed by atoms with Gasteiger partial charge in [-0.3, -0.25) is 9.59 Å². The molecule has 132 valence electrons. The van der Waals surface area contributed by atoms with E-state index in [1.54, 1.807) is 12.1 Å². The minimum atomic E-state index is -0.315. The molecule has 6 nitrogen and oxygen atoms in total. The van der Waals surface area contributed by atoms with Gasteiger partial charge in [-0.25, -0.2) is 0 Å². The van der Waals surface area contributed by atoms with E-state index in [9.17, 15) is 9.59 Å². The molecule has 1 amide bonds. The maximum atomic E-state index is 12.6. The Labute approximate surface area is 147 Å². The van der Waals surface area contributed by atoms with Crippen molar-refractivity contribution in [2.24, 2.45) is 0 Å². The highest BCUT2D eigenvalue weighted by Crippen LogP contribution is 2.19. The van der Waals surface area contributed by atoms with Gasteiger partial charge >= 0.3 is 0 Å². The summed E-state index contributed by atoms with van der Waals surface area (Å²) in [6.45, 7) is 7.79. The molecular weight excluding hydrogens is 316 g/mol. The second kappa shape index (κ2) is 7.79. The van der Waals surface area contributed by atoms with Gasteiger partial charge in [-0.05, 0) is 51.5 Å². The predicted molar refractivity (Wildman–Crippen MR) is 101 cm³/mol. The second-order valence-corrected chi connectivity index (χ2v) is 6.34. The minimum Gasteiger partial charge on any atom is -0.382 e. The largest absolute Gasteiger partial charge is 0.382 e. The first kappa shape index (κ1) is 18.4. The number of rotatable bonds is 6. The number of H-pyrrole nitrogens is 1. The van der Waals surface area contributed by atoms with Crippen LogP contribution in [0, 0.1) is 19.3 Å². The van der Waals surface area contributed by atoms with E-state index in [0.717, 1.165) is 16.9 Å². The van der Waals surface area contributed by atoms with Crippen molar-refractivity contribution in [1.29, 1.82) is 5.41 Å². The lowest BCUT2D eigenvalue weighted by Gasteiger charge is -2.15. The maximum Gasteiger partial charge on any atom is 0.253 e. The van der Waals surface area contributed by atoms with E-state index in [1.807, 2.05) is 39.8 Å². The molecule has 2 rings (SSSR count). The Balaban J connectivity index is 2.25. The molecule has 0 saturated heterocycles. The van der Waals surface area contributed by atoms with E-state index in [1.165, 1.54) is 6.21 Å². The van der Waals surface area contributed by atoms with Gasteiger partial charge in [-0.1, -0.05) is 6.07 Å². The number of amides is 1. The van der Waals surface area contributed by atoms with Gasteiger partial charge in [0, 0.05) is 41.3 Å². The second-order valence-electron chi connectivity index (χ2n) is 6.34. The summed E-state index contributed by atoms with van der Waals surface area (Å²) in [5.41, 5.74) is 3.64. The van der Waals surface area contributed by atoms with Crippen LogP contribution >= 0.6 is 0 Å². The van der Waals surface area contributed by atoms with Crippen molar-refractivity contribution >= 4 is 17.8 Å². The molecule has 0 radical (unpaired) electrons. The van der Waals surface area contributed by atoms with Crippen LogP contribution in [-0.2, 0) is 6.54 Å². The van der Waals surface area contributed by atoms with Crippen LogP contribution in [0.5, 0.6) is 0 Å². The molecule has 0 aliphatic carbocycles. The number of aromatic amines is 1. The summed E-state index contributed by atoms with van der Waals surface area (Å²) >= 11 is 0. The van der Waals surface area contributed by atoms with E-state index in [4.69, 9.17) is 5.41 Å². The van der Waals surface area contributed by atoms with Crippen molar-refractivity contribution in [1.82, 2.24) is 10.3 Å². The monoisotopic (exact) mass is 340 g/mol. The first-order valence-electron chi connectivity index (χ1n) is 8.21. The smallest absolute Gasteiger partial charge is 0.253 e. The molecule has 0 spiro atoms. The number of nitrogens with one attached hydrogen (secondary N) is 4. The molecule has 0 saturated carbocycles. The summed E-state index contributed by atoms with van der Waals surface area (Å²) in [6.07, 6.45) is 1.17. The summed E-state index contributed by atoms with van der Waals surface area (Å²) in [6, 6.07) is 7.35. The number of carbonyl (C=O) groups is 1. The SMILES string of the molecule is Cc1cc(C)c(CNC(=O)c2cccc(NC(C)C)c2C=N)c(=O)[nH]1. The number of carbonyl (C=O) groups excluding carboxylic acids is 1. The standard InChI is InChI=1S/C19H24N4O2/c1-11(2)22-17-7-5-6-14(15(17)9-20)18(24)21-10-16-12(3)8-13(4)23-19(16)25/h5-9,11,20,22H,10H2,1-4H3,(H,21,24)(H,23,25). The van der Waals surface area contributed by atoms with E-state index in [0.29, 0.717) is 16.7 Å². The van der Waals surface area contributed by atoms with E-state index in [-0.39, 0.29) is 24.1 Å². The van der Waals surface area contributed by atoms with Gasteiger partial charge in [0.25, 0.3) is 11.5 Å². The van der Waals surface area contributed by atoms with Crippen LogP contribution < -0.4 is 16.2 Å². The first-order valence-corrected chi connectivity index (χ1v) is 8.21. The normalized spacial score (nSPS) is 10.6. The fourth-order valence-electron chi connectivity index (χ4n) is 2.72. The van der Waals surface area contributed by atoms with Gasteiger partial charge < -0.3 is 21.0 Å². The molecule has 0 aliphatic heterocycles. The highest BCUT2D eigenvalue weighted by Gasteiger charge is 2.15. The van der Waals surface area contributed by atoms with Crippen LogP contribution in [0.3, 0.4) is 0 Å². The molecule has 2 aromatic rings. The Morgan fingerprint density at radius 2 is 2.04 bits per heavy atom. The Hall–Kier alpha value is -2.89. The van der Waals surface area contributed by atoms with Gasteiger partial charge in [0.2, 0.25) is 0 Å². The molecule has 1 aromatic heterocycles. The highest BCUT2D eigenvalue weighted by molar-refractivity contribution is 6.04. The summed E-state index contributed by atoms with van der Waals surface area (Å²) in [5.74, 6) is -0.315. The van der Waals surface area contributed by atoms with Crippen molar-refractivity contribution in [2.45, 2.75) is 40.3 Å². The number of aromatic nitrogens is 1. The average Bonchev–Trinajstić information content (AvgIpc) is 2.52. The fraction of sp³-hybridized carbons (Fsp3) is 0.316. The lowest BCUT2D eigenvalue weighted by atomic mass is 10.0. The topological polar surface area (TPSA) is 97.8 Å². The maximum absolute atomic E-state index is 12.6. The van der Waals surface area contributed by atoms with E-state index < -0.39 is 0 Å². The molecule has 0 bridgehead atoms. The van der Waals surface area contributed by atoms with Crippen molar-refractivity contribution in [3.8, 4) is 0 Å². The van der Waals surface area contributed by atoms with Crippen LogP contribution in [0.1, 0.15) is 46.6 Å². The van der Waals surface area contributed by atoms with Crippen LogP contribution in [-0.4, -0.2) is 23.1 Å². The summed E-state index contributed by atoms with van der Waals surface area (Å²) in [7, 11) is 0. The number of aryl methyl sites for hydroxylation is 2. The molecule has 25 heavy (non-hydrogen) atoms. The molecule has 1 aromatic carbocycles. The van der Waals surface area contributed by atoms with Crippen LogP contribution in [0.15, 0.2) is 29.1 Å². The zero-order valence-corrected chi connectivity index (χ0v) is 15.0. The van der Waals surface area contributed by atoms with Gasteiger partial charge in [-0.15, -0.1) is 0 Å². The fourth-order valence-corrected chi connectivity index (χ4v) is 2.72. The van der Waals surface area contributed by atoms with Gasteiger partial charge in [-0.2, -0.15) is 0 Å². The van der Waals surface area contributed by atoms with Crippen molar-refractivity contribution < 1.29 is 4.79 Å². The third-order valence-corrected chi connectivity index (χ3v) is 3.86. The number of hydrogen-bond acceptors (Lipinski definition) is 4. The molecule has 0 fully saturated rings. The zero-order chi connectivity index (χ0) is 18.6. The summed E-state index contributed by atoms with van der Waals surface area (Å²) in [4.78, 5) is 27.4. The molecule has 0 unspecified atom stereocenters. The van der Waals surface area contributed by atoms with Gasteiger partial charge in [0.05, 0.1) is 5.56 Å². The lowest BCUT2D eigenvalue weighted by molar-refractivity contribution is 0.0950. The molecule has 6 heteroatoms. The van der Waals surface area contributed by atoms with Gasteiger partial charge in [0.15, 0.2) is 0 Å². The number of benzene rings is 1. The Morgan fingerprint density at radius 1 is 1.32 bits per heavy atom. The van der Waals surface area contributed by atoms with Crippen LogP contribution in [0.2, 0.25) is 0 Å². The third kappa shape index (κ3) is 4.35. The number of anilines is 1. The Kier molecular flexibility index (Phi) is 5.75. The van der Waals surface area contributed by atoms with Crippen molar-refractivity contribution in [3.05, 3.63) is 62.6 Å². The molecular formula is C19H24N4O2. The van der Waals surface area contributed by atoms with Crippen LogP contribution in [0.25, 0.3) is 0 Å². The van der Waals surface area contributed by atoms with Crippen molar-refractivity contribution in [3.63, 3.8) is 0 Å². The minimum absolute atomic E-state index is 0.138. The first-order chi connectivity index (χ1) is 11.8. The number of pyridine rings is 1. The van der Waals surface area contributed by atoms with Crippen LogP contribution in [0.4, 0.5) is 5.69 Å². The highest BCUT2D eigenvalue weighted by atomic mass is 16.1. The van der Waals surface area contributed by atoms with E-state index in [2.05, 4.69) is 15.6 Å². The molecule has 0 atom stereocenters. The van der Waals surface area contributed by atoms with Gasteiger partial charge in [0.1, 0.15) is 0 Å². The summed E-state index contributed by atoms with van der Waals surface area (Å²) < 4.78 is 0. The Bertz CT molecular complexity index is 853. The van der Waals surface area contributed by atoms with Crippen molar-refractivity contribution in [2.75, 3.05) is 5.32 Å². The molecule has 0 aliphatic rings. The van der Waals surface area contributed by atoms with E-state index >= 15 is 0 Å². The lowest BCUT2D eigenvalue weighted by Crippen LogP contribution is -2.29. The summed E-state index contributed by atoms with van der Waals surface area (Å²) in [5, 5.41) is 13.7. The third-order valence-electron chi connectivity index (χ3n) is 3.86. The quantitative estimate of drug-likeness (QED) is 0.609. The Morgan fingerprint density at radius 3 is 2.64 bits per heavy atom. The number of hydrogen-bond donors (Lipinski definition) is 4.